The quantitative estimate of drug-likeness (QED) is 0.361. The maximum absolute atomic E-state index is 10.9. The number of rotatable bonds is 4. The molecule has 0 saturated heterocycles. The van der Waals surface area contributed by atoms with Crippen LogP contribution in [0.25, 0.3) is 0 Å². The van der Waals surface area contributed by atoms with Gasteiger partial charge in [0.05, 0.1) is 10.5 Å². The smallest absolute Gasteiger partial charge is 0.270 e. The molecule has 0 N–H and O–H groups in total. The molecule has 5 nitrogen and oxygen atoms in total. The molecule has 0 atom stereocenters. The SMILES string of the molecule is CC(C)(C)C#CCOc1ccc([N+](=O)[O-])cc1C=O. The average Bonchev–Trinajstić information content (AvgIpc) is 2.33. The number of nitro groups is 1. The highest BCUT2D eigenvalue weighted by Gasteiger charge is 2.11. The number of hydrogen-bond donors (Lipinski definition) is 0. The second kappa shape index (κ2) is 6.01. The summed E-state index contributed by atoms with van der Waals surface area (Å²) in [5.41, 5.74) is -0.117. The van der Waals surface area contributed by atoms with Crippen molar-refractivity contribution < 1.29 is 14.5 Å². The van der Waals surface area contributed by atoms with E-state index in [0.717, 1.165) is 0 Å². The minimum absolute atomic E-state index is 0.119. The van der Waals surface area contributed by atoms with Gasteiger partial charge < -0.3 is 4.74 Å². The summed E-state index contributed by atoms with van der Waals surface area (Å²) in [6.07, 6.45) is 0.527. The Morgan fingerprint density at radius 2 is 2.11 bits per heavy atom. The van der Waals surface area contributed by atoms with Crippen LogP contribution in [0.3, 0.4) is 0 Å². The number of carbonyl (C=O) groups excluding carboxylic acids is 1. The topological polar surface area (TPSA) is 69.4 Å². The lowest BCUT2D eigenvalue weighted by Gasteiger charge is -2.08. The number of nitro benzene ring substituents is 1. The molecule has 100 valence electrons. The second-order valence-corrected chi connectivity index (χ2v) is 4.94. The van der Waals surface area contributed by atoms with Crippen molar-refractivity contribution >= 4 is 12.0 Å². The summed E-state index contributed by atoms with van der Waals surface area (Å²) < 4.78 is 5.33. The van der Waals surface area contributed by atoms with E-state index in [4.69, 9.17) is 4.74 Å². The Kier molecular flexibility index (Phi) is 4.65. The van der Waals surface area contributed by atoms with Gasteiger partial charge in [-0.05, 0) is 26.8 Å². The van der Waals surface area contributed by atoms with Gasteiger partial charge >= 0.3 is 0 Å². The molecule has 0 spiro atoms. The first kappa shape index (κ1) is 14.7. The summed E-state index contributed by atoms with van der Waals surface area (Å²) in [6.45, 7) is 6.06. The number of hydrogen-bond acceptors (Lipinski definition) is 4. The number of carbonyl (C=O) groups is 1. The summed E-state index contributed by atoms with van der Waals surface area (Å²) >= 11 is 0. The minimum Gasteiger partial charge on any atom is -0.480 e. The lowest BCUT2D eigenvalue weighted by Crippen LogP contribution is -2.02. The fourth-order valence-electron chi connectivity index (χ4n) is 1.29. The molecule has 0 aliphatic heterocycles. The van der Waals surface area contributed by atoms with Gasteiger partial charge in [-0.15, -0.1) is 0 Å². The van der Waals surface area contributed by atoms with Crippen LogP contribution in [0.1, 0.15) is 31.1 Å². The number of benzene rings is 1. The Morgan fingerprint density at radius 3 is 2.63 bits per heavy atom. The molecule has 0 aliphatic carbocycles. The molecule has 5 heteroatoms. The summed E-state index contributed by atoms with van der Waals surface area (Å²) in [5, 5.41) is 10.6. The van der Waals surface area contributed by atoms with Gasteiger partial charge in [-0.1, -0.05) is 11.8 Å². The molecular formula is C14H15NO4. The van der Waals surface area contributed by atoms with Crippen molar-refractivity contribution in [2.24, 2.45) is 5.41 Å². The number of ether oxygens (including phenoxy) is 1. The molecule has 19 heavy (non-hydrogen) atoms. The summed E-state index contributed by atoms with van der Waals surface area (Å²) in [7, 11) is 0. The van der Waals surface area contributed by atoms with Gasteiger partial charge in [0.25, 0.3) is 5.69 Å². The average molecular weight is 261 g/mol. The third-order valence-corrected chi connectivity index (χ3v) is 2.09. The molecule has 1 aromatic carbocycles. The van der Waals surface area contributed by atoms with Crippen molar-refractivity contribution in [2.75, 3.05) is 6.61 Å². The van der Waals surface area contributed by atoms with E-state index in [9.17, 15) is 14.9 Å². The van der Waals surface area contributed by atoms with E-state index < -0.39 is 4.92 Å². The van der Waals surface area contributed by atoms with Gasteiger partial charge in [0.2, 0.25) is 0 Å². The molecule has 0 saturated carbocycles. The van der Waals surface area contributed by atoms with E-state index in [0.29, 0.717) is 12.0 Å². The summed E-state index contributed by atoms with van der Waals surface area (Å²) in [6, 6.07) is 3.87. The fourth-order valence-corrected chi connectivity index (χ4v) is 1.29. The fraction of sp³-hybridized carbons (Fsp3) is 0.357. The highest BCUT2D eigenvalue weighted by atomic mass is 16.6. The first-order chi connectivity index (χ1) is 8.83. The van der Waals surface area contributed by atoms with Gasteiger partial charge in [-0.2, -0.15) is 0 Å². The standard InChI is InChI=1S/C14H15NO4/c1-14(2,3)7-4-8-19-13-6-5-12(15(17)18)9-11(13)10-16/h5-6,9-10H,8H2,1-3H3. The first-order valence-corrected chi connectivity index (χ1v) is 5.70. The molecule has 1 aromatic rings. The van der Waals surface area contributed by atoms with Crippen LogP contribution >= 0.6 is 0 Å². The Bertz CT molecular complexity index is 547. The molecule has 0 unspecified atom stereocenters. The Labute approximate surface area is 111 Å². The van der Waals surface area contributed by atoms with Crippen molar-refractivity contribution in [3.63, 3.8) is 0 Å². The molecular weight excluding hydrogens is 246 g/mol. The zero-order valence-electron chi connectivity index (χ0n) is 11.1. The monoisotopic (exact) mass is 261 g/mol. The minimum atomic E-state index is -0.559. The van der Waals surface area contributed by atoms with Crippen LogP contribution in [0, 0.1) is 27.4 Å². The molecule has 1 rings (SSSR count). The molecule has 0 radical (unpaired) electrons. The van der Waals surface area contributed by atoms with Crippen LogP contribution < -0.4 is 4.74 Å². The third kappa shape index (κ3) is 4.80. The van der Waals surface area contributed by atoms with Crippen molar-refractivity contribution in [1.82, 2.24) is 0 Å². The summed E-state index contributed by atoms with van der Waals surface area (Å²) in [5.74, 6) is 6.12. The van der Waals surface area contributed by atoms with Crippen LogP contribution in [0.15, 0.2) is 18.2 Å². The van der Waals surface area contributed by atoms with E-state index in [-0.39, 0.29) is 23.3 Å². The second-order valence-electron chi connectivity index (χ2n) is 4.94. The van der Waals surface area contributed by atoms with Crippen LogP contribution in [-0.4, -0.2) is 17.8 Å². The van der Waals surface area contributed by atoms with Crippen molar-refractivity contribution in [3.8, 4) is 17.6 Å². The van der Waals surface area contributed by atoms with Gasteiger partial charge in [-0.25, -0.2) is 0 Å². The number of non-ortho nitro benzene ring substituents is 1. The molecule has 0 amide bonds. The molecule has 0 heterocycles. The van der Waals surface area contributed by atoms with Gasteiger partial charge in [0.15, 0.2) is 6.29 Å². The molecule has 0 fully saturated rings. The molecule has 0 aliphatic rings. The number of aldehydes is 1. The largest absolute Gasteiger partial charge is 0.480 e. The zero-order chi connectivity index (χ0) is 14.5. The van der Waals surface area contributed by atoms with E-state index in [1.54, 1.807) is 0 Å². The van der Waals surface area contributed by atoms with E-state index in [1.165, 1.54) is 18.2 Å². The van der Waals surface area contributed by atoms with Gasteiger partial charge in [-0.3, -0.25) is 14.9 Å². The zero-order valence-corrected chi connectivity index (χ0v) is 11.1. The number of nitrogens with zero attached hydrogens (tertiary/aromatic N) is 1. The summed E-state index contributed by atoms with van der Waals surface area (Å²) in [4.78, 5) is 20.9. The third-order valence-electron chi connectivity index (χ3n) is 2.09. The normalized spacial score (nSPS) is 10.3. The maximum Gasteiger partial charge on any atom is 0.270 e. The Hall–Kier alpha value is -2.35. The van der Waals surface area contributed by atoms with Crippen LogP contribution in [0.4, 0.5) is 5.69 Å². The maximum atomic E-state index is 10.9. The first-order valence-electron chi connectivity index (χ1n) is 5.70. The van der Waals surface area contributed by atoms with Crippen LogP contribution in [0.2, 0.25) is 0 Å². The van der Waals surface area contributed by atoms with Gasteiger partial charge in [0, 0.05) is 17.5 Å². The molecule has 0 aromatic heterocycles. The van der Waals surface area contributed by atoms with Crippen LogP contribution in [0.5, 0.6) is 5.75 Å². The predicted molar refractivity (Wildman–Crippen MR) is 71.2 cm³/mol. The van der Waals surface area contributed by atoms with Crippen molar-refractivity contribution in [2.45, 2.75) is 20.8 Å². The van der Waals surface area contributed by atoms with E-state index >= 15 is 0 Å². The highest BCUT2D eigenvalue weighted by molar-refractivity contribution is 5.80. The Balaban J connectivity index is 2.81. The molecule has 0 bridgehead atoms. The van der Waals surface area contributed by atoms with Crippen molar-refractivity contribution in [3.05, 3.63) is 33.9 Å². The van der Waals surface area contributed by atoms with E-state index in [2.05, 4.69) is 11.8 Å². The lowest BCUT2D eigenvalue weighted by atomic mass is 9.98. The predicted octanol–water partition coefficient (Wildman–Crippen LogP) is 2.84. The van der Waals surface area contributed by atoms with Gasteiger partial charge in [0.1, 0.15) is 12.4 Å². The Morgan fingerprint density at radius 1 is 1.42 bits per heavy atom. The lowest BCUT2D eigenvalue weighted by molar-refractivity contribution is -0.384. The van der Waals surface area contributed by atoms with Crippen LogP contribution in [-0.2, 0) is 0 Å². The highest BCUT2D eigenvalue weighted by Crippen LogP contribution is 2.22. The van der Waals surface area contributed by atoms with E-state index in [1.807, 2.05) is 20.8 Å². The van der Waals surface area contributed by atoms with Crippen molar-refractivity contribution in [1.29, 1.82) is 0 Å².